The lowest BCUT2D eigenvalue weighted by molar-refractivity contribution is -0.653. The van der Waals surface area contributed by atoms with Crippen molar-refractivity contribution in [3.05, 3.63) is 29.6 Å². The summed E-state index contributed by atoms with van der Waals surface area (Å²) in [6.07, 6.45) is 1.24. The Kier molecular flexibility index (Phi) is 6.72. The molecule has 0 saturated heterocycles. The summed E-state index contributed by atoms with van der Waals surface area (Å²) in [5.74, 6) is 0. The molecule has 1 aromatic heterocycles. The van der Waals surface area contributed by atoms with E-state index in [1.54, 1.807) is 0 Å². The molecule has 0 fully saturated rings. The van der Waals surface area contributed by atoms with Crippen molar-refractivity contribution < 1.29 is 5.32 Å². The summed E-state index contributed by atoms with van der Waals surface area (Å²) in [6.45, 7) is 6.90. The Morgan fingerprint density at radius 3 is 2.88 bits per heavy atom. The van der Waals surface area contributed by atoms with Gasteiger partial charge in [0.05, 0.1) is 24.5 Å². The molecule has 1 rings (SSSR count). The summed E-state index contributed by atoms with van der Waals surface area (Å²) >= 11 is 0. The van der Waals surface area contributed by atoms with Crippen LogP contribution in [0.15, 0.2) is 18.2 Å². The second-order valence-electron chi connectivity index (χ2n) is 3.87. The van der Waals surface area contributed by atoms with Gasteiger partial charge in [0.25, 0.3) is 0 Å². The fourth-order valence-electron chi connectivity index (χ4n) is 1.51. The average Bonchev–Trinajstić information content (AvgIpc) is 2.34. The van der Waals surface area contributed by atoms with E-state index in [0.29, 0.717) is 6.54 Å². The number of quaternary nitrogens is 1. The molecule has 5 N–H and O–H groups in total. The molecular weight excluding hydrogens is 200 g/mol. The molecule has 0 aromatic carbocycles. The topological polar surface area (TPSA) is 67.5 Å². The third-order valence-electron chi connectivity index (χ3n) is 2.40. The molecular formula is C12H23N4+. The van der Waals surface area contributed by atoms with E-state index in [1.165, 1.54) is 13.0 Å². The van der Waals surface area contributed by atoms with Crippen LogP contribution in [0.1, 0.15) is 24.7 Å². The second-order valence-corrected chi connectivity index (χ2v) is 3.87. The number of nitrogens with zero attached hydrogens (tertiary/aromatic N) is 1. The number of pyridine rings is 1. The Hall–Kier alpha value is -0.970. The fourth-order valence-corrected chi connectivity index (χ4v) is 1.51. The lowest BCUT2D eigenvalue weighted by atomic mass is 10.3. The highest BCUT2D eigenvalue weighted by molar-refractivity contribution is 5.10. The molecule has 0 aliphatic heterocycles. The van der Waals surface area contributed by atoms with Crippen molar-refractivity contribution in [2.45, 2.75) is 26.4 Å². The Morgan fingerprint density at radius 1 is 1.31 bits per heavy atom. The van der Waals surface area contributed by atoms with Gasteiger partial charge >= 0.3 is 0 Å². The standard InChI is InChI=1S/C12H22N4/c1-2-6-14-7-8-15-10-12-5-3-4-11(9-13)16-12/h3-5,14-15H,2,6-10,13H2,1H3/p+1. The van der Waals surface area contributed by atoms with E-state index in [0.717, 1.165) is 31.0 Å². The van der Waals surface area contributed by atoms with Crippen molar-refractivity contribution in [1.82, 2.24) is 10.3 Å². The van der Waals surface area contributed by atoms with Gasteiger partial charge in [-0.2, -0.15) is 0 Å². The maximum Gasteiger partial charge on any atom is 0.0882 e. The molecule has 4 heteroatoms. The molecule has 0 bridgehead atoms. The number of rotatable bonds is 8. The van der Waals surface area contributed by atoms with Crippen LogP contribution in [0.25, 0.3) is 0 Å². The first-order valence-electron chi connectivity index (χ1n) is 6.04. The van der Waals surface area contributed by atoms with Gasteiger partial charge in [0.1, 0.15) is 0 Å². The molecule has 16 heavy (non-hydrogen) atoms. The Bertz CT molecular complexity index is 288. The number of aromatic nitrogens is 1. The van der Waals surface area contributed by atoms with Crippen LogP contribution < -0.4 is 16.4 Å². The third-order valence-corrected chi connectivity index (χ3v) is 2.40. The van der Waals surface area contributed by atoms with Crippen LogP contribution >= 0.6 is 0 Å². The van der Waals surface area contributed by atoms with Crippen molar-refractivity contribution in [3.63, 3.8) is 0 Å². The summed E-state index contributed by atoms with van der Waals surface area (Å²) in [5, 5.41) is 5.71. The highest BCUT2D eigenvalue weighted by Crippen LogP contribution is 1.97. The van der Waals surface area contributed by atoms with Crippen molar-refractivity contribution in [2.75, 3.05) is 19.6 Å². The van der Waals surface area contributed by atoms with Gasteiger partial charge in [-0.3, -0.25) is 4.98 Å². The van der Waals surface area contributed by atoms with Crippen molar-refractivity contribution in [1.29, 1.82) is 0 Å². The molecule has 0 aliphatic carbocycles. The predicted molar refractivity (Wildman–Crippen MR) is 65.8 cm³/mol. The summed E-state index contributed by atoms with van der Waals surface area (Å²) in [4.78, 5) is 4.43. The number of hydrogen-bond acceptors (Lipinski definition) is 3. The maximum atomic E-state index is 5.54. The van der Waals surface area contributed by atoms with E-state index in [4.69, 9.17) is 5.73 Å². The van der Waals surface area contributed by atoms with Crippen LogP contribution in [0.2, 0.25) is 0 Å². The van der Waals surface area contributed by atoms with Crippen molar-refractivity contribution >= 4 is 0 Å². The molecule has 0 atom stereocenters. The maximum absolute atomic E-state index is 5.54. The minimum absolute atomic E-state index is 0.512. The zero-order valence-corrected chi connectivity index (χ0v) is 10.1. The quantitative estimate of drug-likeness (QED) is 0.526. The van der Waals surface area contributed by atoms with E-state index in [1.807, 2.05) is 18.2 Å². The Morgan fingerprint density at radius 2 is 2.12 bits per heavy atom. The van der Waals surface area contributed by atoms with Crippen molar-refractivity contribution in [3.8, 4) is 0 Å². The first kappa shape index (κ1) is 13.1. The monoisotopic (exact) mass is 223 g/mol. The lowest BCUT2D eigenvalue weighted by Crippen LogP contribution is -2.85. The van der Waals surface area contributed by atoms with Gasteiger partial charge in [-0.05, 0) is 18.6 Å². The Balaban J connectivity index is 2.16. The van der Waals surface area contributed by atoms with E-state index in [9.17, 15) is 0 Å². The molecule has 0 amide bonds. The van der Waals surface area contributed by atoms with E-state index < -0.39 is 0 Å². The van der Waals surface area contributed by atoms with Gasteiger partial charge in [0.2, 0.25) is 0 Å². The fraction of sp³-hybridized carbons (Fsp3) is 0.583. The molecule has 0 radical (unpaired) electrons. The van der Waals surface area contributed by atoms with Gasteiger partial charge in [-0.25, -0.2) is 0 Å². The van der Waals surface area contributed by atoms with Crippen LogP contribution in [-0.4, -0.2) is 24.6 Å². The van der Waals surface area contributed by atoms with E-state index >= 15 is 0 Å². The predicted octanol–water partition coefficient (Wildman–Crippen LogP) is -0.397. The zero-order valence-electron chi connectivity index (χ0n) is 10.1. The largest absolute Gasteiger partial charge is 0.345 e. The highest BCUT2D eigenvalue weighted by atomic mass is 14.9. The van der Waals surface area contributed by atoms with E-state index in [2.05, 4.69) is 22.5 Å². The zero-order chi connectivity index (χ0) is 11.6. The average molecular weight is 223 g/mol. The first-order valence-corrected chi connectivity index (χ1v) is 6.04. The summed E-state index contributed by atoms with van der Waals surface area (Å²) in [7, 11) is 0. The Labute approximate surface area is 97.6 Å². The van der Waals surface area contributed by atoms with Crippen LogP contribution in [0.3, 0.4) is 0 Å². The number of hydrogen-bond donors (Lipinski definition) is 3. The minimum atomic E-state index is 0.512. The molecule has 0 aliphatic rings. The number of nitrogens with two attached hydrogens (primary N) is 2. The summed E-state index contributed by atoms with van der Waals surface area (Å²) in [6, 6.07) is 6.00. The molecule has 4 nitrogen and oxygen atoms in total. The van der Waals surface area contributed by atoms with Gasteiger partial charge < -0.3 is 16.4 Å². The van der Waals surface area contributed by atoms with Crippen LogP contribution in [0, 0.1) is 0 Å². The minimum Gasteiger partial charge on any atom is -0.345 e. The van der Waals surface area contributed by atoms with Gasteiger partial charge in [-0.1, -0.05) is 13.0 Å². The van der Waals surface area contributed by atoms with Gasteiger partial charge in [0, 0.05) is 19.6 Å². The van der Waals surface area contributed by atoms with Crippen molar-refractivity contribution in [2.24, 2.45) is 5.73 Å². The molecule has 1 aromatic rings. The SMILES string of the molecule is CCC[NH2+]CCNCc1cccc(CN)n1. The van der Waals surface area contributed by atoms with Crippen LogP contribution in [-0.2, 0) is 13.1 Å². The molecule has 1 heterocycles. The normalized spacial score (nSPS) is 10.6. The highest BCUT2D eigenvalue weighted by Gasteiger charge is 1.96. The van der Waals surface area contributed by atoms with E-state index in [-0.39, 0.29) is 0 Å². The molecule has 0 saturated carbocycles. The van der Waals surface area contributed by atoms with Crippen LogP contribution in [0.4, 0.5) is 0 Å². The van der Waals surface area contributed by atoms with Gasteiger partial charge in [0.15, 0.2) is 0 Å². The van der Waals surface area contributed by atoms with Gasteiger partial charge in [-0.15, -0.1) is 0 Å². The summed E-state index contributed by atoms with van der Waals surface area (Å²) < 4.78 is 0. The number of nitrogens with one attached hydrogen (secondary N) is 1. The lowest BCUT2D eigenvalue weighted by Gasteiger charge is -2.05. The molecule has 0 unspecified atom stereocenters. The second kappa shape index (κ2) is 8.21. The molecule has 90 valence electrons. The smallest absolute Gasteiger partial charge is 0.0882 e. The molecule has 0 spiro atoms. The first-order chi connectivity index (χ1) is 7.86. The third kappa shape index (κ3) is 5.21. The summed E-state index contributed by atoms with van der Waals surface area (Å²) in [5.41, 5.74) is 7.56. The van der Waals surface area contributed by atoms with Crippen LogP contribution in [0.5, 0.6) is 0 Å².